The number of nitrogens with two attached hydrogens (primary N) is 1. The van der Waals surface area contributed by atoms with Gasteiger partial charge in [0.25, 0.3) is 5.91 Å². The van der Waals surface area contributed by atoms with Crippen molar-refractivity contribution in [3.05, 3.63) is 23.7 Å². The van der Waals surface area contributed by atoms with Gasteiger partial charge in [-0.15, -0.1) is 0 Å². The number of aryl methyl sites for hydroxylation is 1. The smallest absolute Gasteiger partial charge is 0.271 e. The zero-order valence-corrected chi connectivity index (χ0v) is 18.1. The molecule has 0 bridgehead atoms. The third-order valence-electron chi connectivity index (χ3n) is 5.20. The van der Waals surface area contributed by atoms with Crippen LogP contribution in [0.2, 0.25) is 0 Å². The number of primary amides is 1. The molecule has 0 radical (unpaired) electrons. The maximum Gasteiger partial charge on any atom is 0.271 e. The van der Waals surface area contributed by atoms with Crippen molar-refractivity contribution >= 4 is 40.0 Å². The van der Waals surface area contributed by atoms with Crippen LogP contribution in [0.5, 0.6) is 0 Å². The Bertz CT molecular complexity index is 917. The summed E-state index contributed by atoms with van der Waals surface area (Å²) in [5.74, 6) is 0.0939. The number of carbonyl (C=O) groups is 2. The maximum absolute atomic E-state index is 12.2. The van der Waals surface area contributed by atoms with Gasteiger partial charge in [-0.3, -0.25) is 9.59 Å². The minimum Gasteiger partial charge on any atom is -0.394 e. The highest BCUT2D eigenvalue weighted by atomic mass is 32.1. The lowest BCUT2D eigenvalue weighted by Crippen LogP contribution is -2.49. The first kappa shape index (κ1) is 21.9. The average Bonchev–Trinajstić information content (AvgIpc) is 3.12. The van der Waals surface area contributed by atoms with Crippen molar-refractivity contribution in [1.29, 1.82) is 0 Å². The average molecular weight is 434 g/mol. The number of aliphatic hydroxyl groups is 1. The summed E-state index contributed by atoms with van der Waals surface area (Å²) in [6, 6.07) is 1.57. The molecule has 1 aliphatic heterocycles. The second kappa shape index (κ2) is 9.35. The van der Waals surface area contributed by atoms with Gasteiger partial charge >= 0.3 is 0 Å². The van der Waals surface area contributed by atoms with E-state index in [1.165, 1.54) is 17.7 Å². The molecule has 1 saturated heterocycles. The number of hydrogen-bond acceptors (Lipinski definition) is 9. The monoisotopic (exact) mass is 433 g/mol. The topological polar surface area (TPSA) is 138 Å². The Balaban J connectivity index is 1.90. The Morgan fingerprint density at radius 1 is 1.43 bits per heavy atom. The second-order valence-corrected chi connectivity index (χ2v) is 8.39. The minimum atomic E-state index is -0.690. The molecule has 0 spiro atoms. The van der Waals surface area contributed by atoms with E-state index in [4.69, 9.17) is 5.73 Å². The molecule has 2 aromatic heterocycles. The zero-order valence-electron chi connectivity index (χ0n) is 17.3. The molecule has 0 unspecified atom stereocenters. The largest absolute Gasteiger partial charge is 0.394 e. The molecule has 0 aromatic carbocycles. The fourth-order valence-electron chi connectivity index (χ4n) is 3.64. The molecule has 30 heavy (non-hydrogen) atoms. The normalized spacial score (nSPS) is 18.9. The fourth-order valence-corrected chi connectivity index (χ4v) is 4.30. The molecule has 2 amide bonds. The van der Waals surface area contributed by atoms with E-state index in [-0.39, 0.29) is 36.0 Å². The van der Waals surface area contributed by atoms with Crippen LogP contribution >= 0.6 is 11.5 Å². The number of nitrogens with zero attached hydrogens (tertiary/aromatic N) is 5. The van der Waals surface area contributed by atoms with Crippen LogP contribution in [0.3, 0.4) is 0 Å². The van der Waals surface area contributed by atoms with Gasteiger partial charge in [-0.05, 0) is 43.3 Å². The number of amides is 2. The van der Waals surface area contributed by atoms with Crippen molar-refractivity contribution < 1.29 is 14.7 Å². The van der Waals surface area contributed by atoms with E-state index in [0.717, 1.165) is 18.5 Å². The third kappa shape index (κ3) is 4.85. The first-order valence-corrected chi connectivity index (χ1v) is 10.5. The SMILES string of the molecule is Cc1cc(Nc2nc(N3CCC[C@H](CC(=O)N(C)C)[C@@H]3CO)cnc2C(N)=O)sn1. The van der Waals surface area contributed by atoms with Crippen LogP contribution in [0, 0.1) is 12.8 Å². The van der Waals surface area contributed by atoms with Crippen LogP contribution in [-0.4, -0.2) is 69.5 Å². The van der Waals surface area contributed by atoms with Gasteiger partial charge in [0, 0.05) is 27.1 Å². The van der Waals surface area contributed by atoms with Crippen LogP contribution in [0.15, 0.2) is 12.3 Å². The molecule has 1 aliphatic rings. The van der Waals surface area contributed by atoms with Gasteiger partial charge in [-0.2, -0.15) is 4.37 Å². The molecule has 3 rings (SSSR count). The Morgan fingerprint density at radius 3 is 2.80 bits per heavy atom. The van der Waals surface area contributed by atoms with E-state index in [1.54, 1.807) is 19.0 Å². The number of anilines is 3. The zero-order chi connectivity index (χ0) is 21.8. The highest BCUT2D eigenvalue weighted by molar-refractivity contribution is 7.10. The van der Waals surface area contributed by atoms with Crippen LogP contribution in [0.1, 0.15) is 35.4 Å². The molecule has 10 nitrogen and oxygen atoms in total. The quantitative estimate of drug-likeness (QED) is 0.591. The molecule has 162 valence electrons. The third-order valence-corrected chi connectivity index (χ3v) is 5.99. The van der Waals surface area contributed by atoms with Crippen molar-refractivity contribution in [3.63, 3.8) is 0 Å². The summed E-state index contributed by atoms with van der Waals surface area (Å²) < 4.78 is 4.21. The number of aliphatic hydroxyl groups excluding tert-OH is 1. The second-order valence-electron chi connectivity index (χ2n) is 7.59. The van der Waals surface area contributed by atoms with E-state index in [1.807, 2.05) is 17.9 Å². The number of carbonyl (C=O) groups excluding carboxylic acids is 2. The maximum atomic E-state index is 12.2. The van der Waals surface area contributed by atoms with Gasteiger partial charge < -0.3 is 26.0 Å². The van der Waals surface area contributed by atoms with Gasteiger partial charge in [0.2, 0.25) is 5.91 Å². The van der Waals surface area contributed by atoms with Gasteiger partial charge in [-0.1, -0.05) is 0 Å². The number of piperidine rings is 1. The number of hydrogen-bond donors (Lipinski definition) is 3. The van der Waals surface area contributed by atoms with Gasteiger partial charge in [0.05, 0.1) is 24.5 Å². The molecular formula is C19H27N7O3S. The fraction of sp³-hybridized carbons (Fsp3) is 0.526. The van der Waals surface area contributed by atoms with E-state index in [0.29, 0.717) is 23.8 Å². The van der Waals surface area contributed by atoms with E-state index in [2.05, 4.69) is 19.7 Å². The summed E-state index contributed by atoms with van der Waals surface area (Å²) in [5.41, 5.74) is 6.35. The Morgan fingerprint density at radius 2 is 2.20 bits per heavy atom. The van der Waals surface area contributed by atoms with Crippen LogP contribution in [0.25, 0.3) is 0 Å². The summed E-state index contributed by atoms with van der Waals surface area (Å²) in [6.07, 6.45) is 3.55. The summed E-state index contributed by atoms with van der Waals surface area (Å²) >= 11 is 1.24. The van der Waals surface area contributed by atoms with Gasteiger partial charge in [-0.25, -0.2) is 9.97 Å². The summed E-state index contributed by atoms with van der Waals surface area (Å²) in [6.45, 7) is 2.43. The Hall–Kier alpha value is -2.79. The molecule has 1 fully saturated rings. The minimum absolute atomic E-state index is 0.00294. The Labute approximate surface area is 179 Å². The molecule has 2 atom stereocenters. The van der Waals surface area contributed by atoms with Gasteiger partial charge in [0.15, 0.2) is 11.5 Å². The lowest BCUT2D eigenvalue weighted by atomic mass is 9.86. The molecule has 4 N–H and O–H groups in total. The molecule has 11 heteroatoms. The summed E-state index contributed by atoms with van der Waals surface area (Å²) in [4.78, 5) is 36.4. The lowest BCUT2D eigenvalue weighted by Gasteiger charge is -2.41. The van der Waals surface area contributed by atoms with Crippen LogP contribution < -0.4 is 16.0 Å². The van der Waals surface area contributed by atoms with Gasteiger partial charge in [0.1, 0.15) is 10.8 Å². The predicted octanol–water partition coefficient (Wildman–Crippen LogP) is 1.14. The van der Waals surface area contributed by atoms with Crippen molar-refractivity contribution in [1.82, 2.24) is 19.2 Å². The standard InChI is InChI=1S/C19H27N7O3S/c1-11-7-15(30-24-11)23-19-17(18(20)29)21-9-14(22-19)26-6-4-5-12(13(26)10-27)8-16(28)25(2)3/h7,9,12-13,27H,4-6,8,10H2,1-3H3,(H2,20,29)(H,22,23)/t12-,13+/m1/s1. The molecular weight excluding hydrogens is 406 g/mol. The van der Waals surface area contributed by atoms with Crippen molar-refractivity contribution in [2.45, 2.75) is 32.2 Å². The van der Waals surface area contributed by atoms with Crippen molar-refractivity contribution in [3.8, 4) is 0 Å². The number of nitrogens with one attached hydrogen (secondary N) is 1. The van der Waals surface area contributed by atoms with E-state index >= 15 is 0 Å². The first-order valence-electron chi connectivity index (χ1n) is 9.75. The van der Waals surface area contributed by atoms with Crippen molar-refractivity contribution in [2.24, 2.45) is 11.7 Å². The summed E-state index contributed by atoms with van der Waals surface area (Å²) in [7, 11) is 3.45. The highest BCUT2D eigenvalue weighted by Gasteiger charge is 2.34. The molecule has 3 heterocycles. The molecule has 0 saturated carbocycles. The highest BCUT2D eigenvalue weighted by Crippen LogP contribution is 2.31. The molecule has 0 aliphatic carbocycles. The van der Waals surface area contributed by atoms with Crippen LogP contribution in [-0.2, 0) is 4.79 Å². The van der Waals surface area contributed by atoms with Crippen LogP contribution in [0.4, 0.5) is 16.6 Å². The first-order chi connectivity index (χ1) is 14.3. The van der Waals surface area contributed by atoms with E-state index < -0.39 is 5.91 Å². The number of rotatable bonds is 7. The Kier molecular flexibility index (Phi) is 6.83. The molecule has 2 aromatic rings. The predicted molar refractivity (Wildman–Crippen MR) is 115 cm³/mol. The summed E-state index contributed by atoms with van der Waals surface area (Å²) in [5, 5.41) is 13.9. The number of aromatic nitrogens is 3. The van der Waals surface area contributed by atoms with Crippen molar-refractivity contribution in [2.75, 3.05) is 37.5 Å². The van der Waals surface area contributed by atoms with E-state index in [9.17, 15) is 14.7 Å². The lowest BCUT2D eigenvalue weighted by molar-refractivity contribution is -0.130.